The van der Waals surface area contributed by atoms with Crippen LogP contribution in [-0.2, 0) is 11.2 Å². The fourth-order valence-electron chi connectivity index (χ4n) is 1.99. The van der Waals surface area contributed by atoms with Crippen LogP contribution in [0, 0.1) is 12.7 Å². The van der Waals surface area contributed by atoms with E-state index in [0.29, 0.717) is 12.1 Å². The number of carbonyl (C=O) groups is 1. The lowest BCUT2D eigenvalue weighted by Crippen LogP contribution is -2.16. The zero-order valence-electron chi connectivity index (χ0n) is 10.5. The summed E-state index contributed by atoms with van der Waals surface area (Å²) in [4.78, 5) is 15.2. The van der Waals surface area contributed by atoms with Crippen molar-refractivity contribution in [2.45, 2.75) is 19.3 Å². The molecule has 1 heterocycles. The van der Waals surface area contributed by atoms with Gasteiger partial charge in [-0.1, -0.05) is 29.8 Å². The maximum Gasteiger partial charge on any atom is 0.312 e. The molecule has 0 saturated carbocycles. The second kappa shape index (κ2) is 5.61. The molecule has 2 aromatic rings. The molecule has 0 spiro atoms. The van der Waals surface area contributed by atoms with Crippen molar-refractivity contribution in [1.82, 2.24) is 4.98 Å². The summed E-state index contributed by atoms with van der Waals surface area (Å²) in [6, 6.07) is 10.3. The van der Waals surface area contributed by atoms with Gasteiger partial charge in [0.1, 0.15) is 11.7 Å². The normalized spacial score (nSPS) is 12.1. The molecule has 1 aromatic heterocycles. The summed E-state index contributed by atoms with van der Waals surface area (Å²) in [5.41, 5.74) is 2.38. The summed E-state index contributed by atoms with van der Waals surface area (Å²) in [6.07, 6.45) is 1.39. The monoisotopic (exact) mass is 259 g/mol. The lowest BCUT2D eigenvalue weighted by Gasteiger charge is -2.12. The molecule has 0 aliphatic carbocycles. The molecule has 1 N–H and O–H groups in total. The van der Waals surface area contributed by atoms with E-state index in [1.807, 2.05) is 31.2 Å². The number of hydrogen-bond donors (Lipinski definition) is 1. The third-order valence-electron chi connectivity index (χ3n) is 2.93. The lowest BCUT2D eigenvalue weighted by atomic mass is 9.95. The van der Waals surface area contributed by atoms with Crippen LogP contribution in [0.3, 0.4) is 0 Å². The van der Waals surface area contributed by atoms with Gasteiger partial charge in [-0.2, -0.15) is 0 Å². The number of aliphatic carboxylic acids is 1. The fourth-order valence-corrected chi connectivity index (χ4v) is 1.99. The highest BCUT2D eigenvalue weighted by Crippen LogP contribution is 2.20. The molecule has 0 aliphatic rings. The van der Waals surface area contributed by atoms with Gasteiger partial charge in [0.15, 0.2) is 0 Å². The molecule has 0 radical (unpaired) electrons. The third-order valence-corrected chi connectivity index (χ3v) is 2.93. The number of nitrogens with zero attached hydrogens (tertiary/aromatic N) is 1. The number of carboxylic acid groups (broad SMARTS) is 1. The Labute approximate surface area is 110 Å². The summed E-state index contributed by atoms with van der Waals surface area (Å²) in [5, 5.41) is 9.29. The van der Waals surface area contributed by atoms with E-state index >= 15 is 0 Å². The first-order valence-corrected chi connectivity index (χ1v) is 5.96. The smallest absolute Gasteiger partial charge is 0.312 e. The van der Waals surface area contributed by atoms with Crippen molar-refractivity contribution in [1.29, 1.82) is 0 Å². The Balaban J connectivity index is 2.26. The summed E-state index contributed by atoms with van der Waals surface area (Å²) in [6.45, 7) is 1.95. The number of hydrogen-bond acceptors (Lipinski definition) is 2. The molecular weight excluding hydrogens is 245 g/mol. The predicted octanol–water partition coefficient (Wildman–Crippen LogP) is 2.94. The molecule has 0 saturated heterocycles. The van der Waals surface area contributed by atoms with Crippen molar-refractivity contribution in [2.24, 2.45) is 0 Å². The number of halogens is 1. The van der Waals surface area contributed by atoms with Gasteiger partial charge in [-0.25, -0.2) is 4.39 Å². The minimum Gasteiger partial charge on any atom is -0.481 e. The summed E-state index contributed by atoms with van der Waals surface area (Å²) < 4.78 is 12.8. The average Bonchev–Trinajstić information content (AvgIpc) is 2.37. The maximum absolute atomic E-state index is 12.8. The van der Waals surface area contributed by atoms with Crippen molar-refractivity contribution in [3.8, 4) is 0 Å². The molecule has 0 bridgehead atoms. The van der Waals surface area contributed by atoms with E-state index in [1.165, 1.54) is 12.1 Å². The van der Waals surface area contributed by atoms with E-state index < -0.39 is 17.7 Å². The van der Waals surface area contributed by atoms with E-state index in [0.717, 1.165) is 17.3 Å². The van der Waals surface area contributed by atoms with Crippen LogP contribution in [0.25, 0.3) is 0 Å². The van der Waals surface area contributed by atoms with Gasteiger partial charge in [-0.3, -0.25) is 9.78 Å². The van der Waals surface area contributed by atoms with E-state index in [9.17, 15) is 14.3 Å². The summed E-state index contributed by atoms with van der Waals surface area (Å²) in [7, 11) is 0. The molecule has 4 heteroatoms. The number of carboxylic acids is 1. The number of rotatable bonds is 4. The van der Waals surface area contributed by atoms with E-state index in [-0.39, 0.29) is 0 Å². The van der Waals surface area contributed by atoms with Gasteiger partial charge in [0, 0.05) is 0 Å². The third kappa shape index (κ3) is 3.37. The number of aromatic nitrogens is 1. The van der Waals surface area contributed by atoms with E-state index in [1.54, 1.807) is 0 Å². The van der Waals surface area contributed by atoms with Gasteiger partial charge in [-0.05, 0) is 31.0 Å². The predicted molar refractivity (Wildman–Crippen MR) is 69.5 cm³/mol. The van der Waals surface area contributed by atoms with Crippen molar-refractivity contribution >= 4 is 5.97 Å². The van der Waals surface area contributed by atoms with Crippen LogP contribution >= 0.6 is 0 Å². The molecule has 2 rings (SSSR count). The highest BCUT2D eigenvalue weighted by atomic mass is 19.1. The van der Waals surface area contributed by atoms with Crippen LogP contribution in [-0.4, -0.2) is 16.1 Å². The maximum atomic E-state index is 12.8. The van der Waals surface area contributed by atoms with E-state index in [2.05, 4.69) is 4.98 Å². The lowest BCUT2D eigenvalue weighted by molar-refractivity contribution is -0.138. The molecule has 19 heavy (non-hydrogen) atoms. The Morgan fingerprint density at radius 3 is 2.74 bits per heavy atom. The first kappa shape index (κ1) is 13.2. The molecule has 1 unspecified atom stereocenters. The van der Waals surface area contributed by atoms with Crippen LogP contribution in [0.15, 0.2) is 42.6 Å². The Bertz CT molecular complexity index is 581. The first-order chi connectivity index (χ1) is 9.06. The minimum absolute atomic E-state index is 0.343. The molecule has 1 atom stereocenters. The quantitative estimate of drug-likeness (QED) is 0.918. The minimum atomic E-state index is -0.958. The Kier molecular flexibility index (Phi) is 3.90. The number of pyridine rings is 1. The van der Waals surface area contributed by atoms with Crippen molar-refractivity contribution in [2.75, 3.05) is 0 Å². The first-order valence-electron chi connectivity index (χ1n) is 5.96. The van der Waals surface area contributed by atoms with Crippen LogP contribution in [0.1, 0.15) is 22.7 Å². The Morgan fingerprint density at radius 1 is 1.37 bits per heavy atom. The Morgan fingerprint density at radius 2 is 2.16 bits per heavy atom. The molecule has 0 fully saturated rings. The van der Waals surface area contributed by atoms with Crippen molar-refractivity contribution in [3.63, 3.8) is 0 Å². The molecular formula is C15H14FNO2. The fraction of sp³-hybridized carbons (Fsp3) is 0.200. The standard InChI is InChI=1S/C15H14FNO2/c1-10-3-2-4-11(7-10)8-13(15(18)19)14-6-5-12(16)9-17-14/h2-7,9,13H,8H2,1H3,(H,18,19). The second-order valence-electron chi connectivity index (χ2n) is 4.49. The highest BCUT2D eigenvalue weighted by molar-refractivity contribution is 5.75. The van der Waals surface area contributed by atoms with E-state index in [4.69, 9.17) is 0 Å². The summed E-state index contributed by atoms with van der Waals surface area (Å²) >= 11 is 0. The van der Waals surface area contributed by atoms with Gasteiger partial charge in [0.05, 0.1) is 11.9 Å². The zero-order valence-corrected chi connectivity index (χ0v) is 10.5. The van der Waals surface area contributed by atoms with Crippen LogP contribution in [0.2, 0.25) is 0 Å². The number of aryl methyl sites for hydroxylation is 1. The molecule has 98 valence electrons. The zero-order chi connectivity index (χ0) is 13.8. The van der Waals surface area contributed by atoms with Gasteiger partial charge < -0.3 is 5.11 Å². The highest BCUT2D eigenvalue weighted by Gasteiger charge is 2.21. The van der Waals surface area contributed by atoms with Gasteiger partial charge >= 0.3 is 5.97 Å². The summed E-state index contributed by atoms with van der Waals surface area (Å²) in [5.74, 6) is -2.19. The van der Waals surface area contributed by atoms with Gasteiger partial charge in [-0.15, -0.1) is 0 Å². The van der Waals surface area contributed by atoms with Crippen molar-refractivity contribution in [3.05, 3.63) is 65.2 Å². The second-order valence-corrected chi connectivity index (χ2v) is 4.49. The van der Waals surface area contributed by atoms with Crippen LogP contribution in [0.5, 0.6) is 0 Å². The molecule has 3 nitrogen and oxygen atoms in total. The van der Waals surface area contributed by atoms with Gasteiger partial charge in [0.25, 0.3) is 0 Å². The largest absolute Gasteiger partial charge is 0.481 e. The molecule has 0 aliphatic heterocycles. The van der Waals surface area contributed by atoms with Crippen LogP contribution < -0.4 is 0 Å². The average molecular weight is 259 g/mol. The SMILES string of the molecule is Cc1cccc(CC(C(=O)O)c2ccc(F)cn2)c1. The van der Waals surface area contributed by atoms with Gasteiger partial charge in [0.2, 0.25) is 0 Å². The molecule has 0 amide bonds. The molecule has 1 aromatic carbocycles. The van der Waals surface area contributed by atoms with Crippen LogP contribution in [0.4, 0.5) is 4.39 Å². The van der Waals surface area contributed by atoms with Crippen molar-refractivity contribution < 1.29 is 14.3 Å². The topological polar surface area (TPSA) is 50.2 Å². The number of benzene rings is 1. The Hall–Kier alpha value is -2.23.